The molecule has 4 nitrogen and oxygen atoms in total. The first-order valence-corrected chi connectivity index (χ1v) is 9.24. The molecule has 20 heavy (non-hydrogen) atoms. The molecule has 0 aliphatic carbocycles. The Hall–Kier alpha value is 0.400. The van der Waals surface area contributed by atoms with Gasteiger partial charge in [0.05, 0.1) is 39.6 Å². The molecule has 0 spiro atoms. The Morgan fingerprint density at radius 3 is 1.50 bits per heavy atom. The first kappa shape index (κ1) is 20.4. The van der Waals surface area contributed by atoms with Crippen LogP contribution in [0, 0.1) is 0 Å². The van der Waals surface area contributed by atoms with E-state index in [1.165, 1.54) is 23.5 Å². The molecule has 0 unspecified atom stereocenters. The van der Waals surface area contributed by atoms with Gasteiger partial charge in [0.1, 0.15) is 0 Å². The minimum Gasteiger partial charge on any atom is -0.479 e. The summed E-state index contributed by atoms with van der Waals surface area (Å²) in [5.41, 5.74) is 0. The third-order valence-electron chi connectivity index (χ3n) is 1.79. The van der Waals surface area contributed by atoms with Crippen molar-refractivity contribution in [2.45, 2.75) is 13.8 Å². The molecule has 0 aliphatic rings. The summed E-state index contributed by atoms with van der Waals surface area (Å²) in [5.74, 6) is 1.61. The Kier molecular flexibility index (Phi) is 16.1. The SMILES string of the molecule is CCOC(=S)SCCOCCOCCSC(=S)OCC. The third-order valence-corrected chi connectivity index (χ3v) is 4.18. The van der Waals surface area contributed by atoms with Gasteiger partial charge in [-0.15, -0.1) is 0 Å². The van der Waals surface area contributed by atoms with Crippen molar-refractivity contribution in [2.24, 2.45) is 0 Å². The molecule has 0 amide bonds. The standard InChI is InChI=1S/C12H22O4S4/c1-3-15-11(17)19-9-7-13-5-6-14-8-10-20-12(18)16-4-2/h3-10H2,1-2H3. The van der Waals surface area contributed by atoms with Gasteiger partial charge in [-0.1, -0.05) is 23.5 Å². The molecule has 0 aliphatic heterocycles. The highest BCUT2D eigenvalue weighted by molar-refractivity contribution is 8.22. The van der Waals surface area contributed by atoms with Gasteiger partial charge < -0.3 is 18.9 Å². The molecular weight excluding hydrogens is 336 g/mol. The Bertz CT molecular complexity index is 238. The molecule has 0 rings (SSSR count). The second-order valence-electron chi connectivity index (χ2n) is 3.29. The van der Waals surface area contributed by atoms with Gasteiger partial charge in [0.2, 0.25) is 8.77 Å². The van der Waals surface area contributed by atoms with Gasteiger partial charge in [0, 0.05) is 11.5 Å². The van der Waals surface area contributed by atoms with Crippen molar-refractivity contribution in [3.8, 4) is 0 Å². The predicted octanol–water partition coefficient (Wildman–Crippen LogP) is 3.13. The maximum Gasteiger partial charge on any atom is 0.220 e. The molecular formula is C12H22O4S4. The van der Waals surface area contributed by atoms with Crippen LogP contribution >= 0.6 is 48.0 Å². The summed E-state index contributed by atoms with van der Waals surface area (Å²) in [6.07, 6.45) is 0. The van der Waals surface area contributed by atoms with Gasteiger partial charge >= 0.3 is 0 Å². The van der Waals surface area contributed by atoms with Crippen molar-refractivity contribution >= 4 is 56.7 Å². The fourth-order valence-corrected chi connectivity index (χ4v) is 2.88. The fourth-order valence-electron chi connectivity index (χ4n) is 1.01. The van der Waals surface area contributed by atoms with Crippen molar-refractivity contribution in [1.82, 2.24) is 0 Å². The molecule has 0 aromatic rings. The summed E-state index contributed by atoms with van der Waals surface area (Å²) in [4.78, 5) is 0. The van der Waals surface area contributed by atoms with Crippen LogP contribution < -0.4 is 0 Å². The van der Waals surface area contributed by atoms with E-state index in [0.717, 1.165) is 11.5 Å². The Morgan fingerprint density at radius 1 is 0.750 bits per heavy atom. The number of hydrogen-bond donors (Lipinski definition) is 0. The topological polar surface area (TPSA) is 36.9 Å². The smallest absolute Gasteiger partial charge is 0.220 e. The van der Waals surface area contributed by atoms with Crippen LogP contribution in [-0.4, -0.2) is 59.9 Å². The van der Waals surface area contributed by atoms with Crippen LogP contribution in [0.5, 0.6) is 0 Å². The Morgan fingerprint density at radius 2 is 1.15 bits per heavy atom. The van der Waals surface area contributed by atoms with Crippen LogP contribution in [0.2, 0.25) is 0 Å². The summed E-state index contributed by atoms with van der Waals surface area (Å²) in [7, 11) is 0. The molecule has 0 aromatic heterocycles. The van der Waals surface area contributed by atoms with Gasteiger partial charge in [-0.25, -0.2) is 0 Å². The highest BCUT2D eigenvalue weighted by Crippen LogP contribution is 2.06. The number of rotatable bonds is 11. The zero-order chi connectivity index (χ0) is 15.1. The van der Waals surface area contributed by atoms with Crippen LogP contribution in [0.25, 0.3) is 0 Å². The fraction of sp³-hybridized carbons (Fsp3) is 0.833. The van der Waals surface area contributed by atoms with Crippen molar-refractivity contribution in [1.29, 1.82) is 0 Å². The van der Waals surface area contributed by atoms with Gasteiger partial charge in [0.15, 0.2) is 0 Å². The normalized spacial score (nSPS) is 10.3. The number of thioether (sulfide) groups is 2. The van der Waals surface area contributed by atoms with Crippen LogP contribution in [0.3, 0.4) is 0 Å². The van der Waals surface area contributed by atoms with Crippen LogP contribution in [-0.2, 0) is 18.9 Å². The monoisotopic (exact) mass is 358 g/mol. The molecule has 0 saturated carbocycles. The largest absolute Gasteiger partial charge is 0.479 e. The van der Waals surface area contributed by atoms with Gasteiger partial charge in [-0.05, 0) is 38.3 Å². The summed E-state index contributed by atoms with van der Waals surface area (Å²) in [6.45, 7) is 7.52. The first-order chi connectivity index (χ1) is 9.70. The summed E-state index contributed by atoms with van der Waals surface area (Å²) >= 11 is 12.9. The van der Waals surface area contributed by atoms with Crippen LogP contribution in [0.4, 0.5) is 0 Å². The molecule has 118 valence electrons. The van der Waals surface area contributed by atoms with E-state index >= 15 is 0 Å². The van der Waals surface area contributed by atoms with E-state index in [4.69, 9.17) is 43.4 Å². The second-order valence-corrected chi connectivity index (χ2v) is 6.68. The van der Waals surface area contributed by atoms with Crippen LogP contribution in [0.1, 0.15) is 13.8 Å². The maximum absolute atomic E-state index is 5.41. The molecule has 0 heterocycles. The molecule has 8 heteroatoms. The Balaban J connectivity index is 3.13. The highest BCUT2D eigenvalue weighted by atomic mass is 32.2. The molecule has 0 N–H and O–H groups in total. The predicted molar refractivity (Wildman–Crippen MR) is 95.0 cm³/mol. The zero-order valence-electron chi connectivity index (χ0n) is 11.9. The van der Waals surface area contributed by atoms with E-state index in [2.05, 4.69) is 0 Å². The number of thiocarbonyl (C=S) groups is 2. The van der Waals surface area contributed by atoms with E-state index in [9.17, 15) is 0 Å². The van der Waals surface area contributed by atoms with Crippen molar-refractivity contribution in [2.75, 3.05) is 51.1 Å². The van der Waals surface area contributed by atoms with E-state index < -0.39 is 0 Å². The second kappa shape index (κ2) is 15.8. The van der Waals surface area contributed by atoms with E-state index in [1.807, 2.05) is 13.8 Å². The molecule has 0 radical (unpaired) electrons. The zero-order valence-corrected chi connectivity index (χ0v) is 15.2. The number of ether oxygens (including phenoxy) is 4. The quantitative estimate of drug-likeness (QED) is 0.412. The Labute approximate surface area is 140 Å². The van der Waals surface area contributed by atoms with Crippen molar-refractivity contribution < 1.29 is 18.9 Å². The van der Waals surface area contributed by atoms with E-state index in [-0.39, 0.29) is 0 Å². The lowest BCUT2D eigenvalue weighted by atomic mass is 10.7. The van der Waals surface area contributed by atoms with Crippen molar-refractivity contribution in [3.05, 3.63) is 0 Å². The lowest BCUT2D eigenvalue weighted by molar-refractivity contribution is 0.0605. The summed E-state index contributed by atoms with van der Waals surface area (Å²) in [5, 5.41) is 0. The van der Waals surface area contributed by atoms with E-state index in [1.54, 1.807) is 0 Å². The summed E-state index contributed by atoms with van der Waals surface area (Å²) < 4.78 is 22.3. The average Bonchev–Trinajstić information content (AvgIpc) is 2.41. The third kappa shape index (κ3) is 14.8. The average molecular weight is 359 g/mol. The van der Waals surface area contributed by atoms with Crippen molar-refractivity contribution in [3.63, 3.8) is 0 Å². The van der Waals surface area contributed by atoms with Gasteiger partial charge in [-0.2, -0.15) is 0 Å². The van der Waals surface area contributed by atoms with E-state index in [0.29, 0.717) is 48.4 Å². The van der Waals surface area contributed by atoms with Gasteiger partial charge in [-0.3, -0.25) is 0 Å². The molecule has 0 aromatic carbocycles. The van der Waals surface area contributed by atoms with Crippen LogP contribution in [0.15, 0.2) is 0 Å². The van der Waals surface area contributed by atoms with Gasteiger partial charge in [0.25, 0.3) is 0 Å². The molecule has 0 atom stereocenters. The molecule has 0 saturated heterocycles. The summed E-state index contributed by atoms with van der Waals surface area (Å²) in [6, 6.07) is 0. The minimum absolute atomic E-state index is 0.578. The maximum atomic E-state index is 5.41. The molecule has 0 fully saturated rings. The lowest BCUT2D eigenvalue weighted by Crippen LogP contribution is -2.09. The molecule has 0 bridgehead atoms. The first-order valence-electron chi connectivity index (χ1n) is 6.45. The lowest BCUT2D eigenvalue weighted by Gasteiger charge is -2.07. The number of hydrogen-bond acceptors (Lipinski definition) is 8. The highest BCUT2D eigenvalue weighted by Gasteiger charge is 1.98. The minimum atomic E-state index is 0.578.